The molecule has 5 nitrogen and oxygen atoms in total. The fourth-order valence-corrected chi connectivity index (χ4v) is 3.04. The first kappa shape index (κ1) is 17.0. The van der Waals surface area contributed by atoms with E-state index in [1.54, 1.807) is 28.9 Å². The molecular weight excluding hydrogens is 316 g/mol. The van der Waals surface area contributed by atoms with Crippen LogP contribution in [0.25, 0.3) is 0 Å². The van der Waals surface area contributed by atoms with Crippen molar-refractivity contribution in [1.82, 2.24) is 4.90 Å². The Morgan fingerprint density at radius 3 is 2.40 bits per heavy atom. The number of rotatable bonds is 4. The Morgan fingerprint density at radius 2 is 1.76 bits per heavy atom. The predicted octanol–water partition coefficient (Wildman–Crippen LogP) is 2.96. The second-order valence-corrected chi connectivity index (χ2v) is 5.96. The van der Waals surface area contributed by atoms with Gasteiger partial charge in [0.1, 0.15) is 11.8 Å². The lowest BCUT2D eigenvalue weighted by Gasteiger charge is -2.39. The van der Waals surface area contributed by atoms with Gasteiger partial charge < -0.3 is 14.5 Å². The molecule has 1 atom stereocenters. The van der Waals surface area contributed by atoms with Crippen LogP contribution in [0.15, 0.2) is 54.6 Å². The van der Waals surface area contributed by atoms with Gasteiger partial charge in [-0.15, -0.1) is 0 Å². The van der Waals surface area contributed by atoms with Crippen LogP contribution < -0.4 is 9.64 Å². The van der Waals surface area contributed by atoms with E-state index in [1.165, 1.54) is 0 Å². The van der Waals surface area contributed by atoms with Crippen LogP contribution in [0.5, 0.6) is 5.75 Å². The zero-order chi connectivity index (χ0) is 17.8. The summed E-state index contributed by atoms with van der Waals surface area (Å²) in [5, 5.41) is 0. The second kappa shape index (κ2) is 7.38. The van der Waals surface area contributed by atoms with Crippen molar-refractivity contribution in [3.8, 4) is 5.75 Å². The predicted molar refractivity (Wildman–Crippen MR) is 96.9 cm³/mol. The summed E-state index contributed by atoms with van der Waals surface area (Å²) >= 11 is 0. The van der Waals surface area contributed by atoms with Gasteiger partial charge in [-0.25, -0.2) is 0 Å². The van der Waals surface area contributed by atoms with Gasteiger partial charge >= 0.3 is 0 Å². The number of hydrogen-bond donors (Lipinski definition) is 0. The summed E-state index contributed by atoms with van der Waals surface area (Å²) in [6.45, 7) is 5.31. The molecule has 5 heteroatoms. The summed E-state index contributed by atoms with van der Waals surface area (Å²) in [6, 6.07) is 16.1. The van der Waals surface area contributed by atoms with E-state index in [2.05, 4.69) is 0 Å². The fourth-order valence-electron chi connectivity index (χ4n) is 3.04. The molecule has 2 aromatic carbocycles. The standard InChI is InChI=1S/C20H22N2O3/c1-3-25-18-11-9-17(10-12-18)22-14-13-21(15(2)19(22)23)20(24)16-7-5-4-6-8-16/h4-12,15H,3,13-14H2,1-2H3. The molecule has 0 radical (unpaired) electrons. The van der Waals surface area contributed by atoms with Crippen molar-refractivity contribution in [3.05, 3.63) is 60.2 Å². The normalized spacial score (nSPS) is 17.5. The molecule has 0 saturated carbocycles. The van der Waals surface area contributed by atoms with Gasteiger partial charge in [0.05, 0.1) is 6.61 Å². The molecule has 0 bridgehead atoms. The average molecular weight is 338 g/mol. The number of carbonyl (C=O) groups is 2. The number of nitrogens with zero attached hydrogens (tertiary/aromatic N) is 2. The van der Waals surface area contributed by atoms with E-state index in [0.29, 0.717) is 25.3 Å². The van der Waals surface area contributed by atoms with Gasteiger partial charge in [-0.05, 0) is 50.2 Å². The fraction of sp³-hybridized carbons (Fsp3) is 0.300. The molecule has 0 aliphatic carbocycles. The highest BCUT2D eigenvalue weighted by atomic mass is 16.5. The van der Waals surface area contributed by atoms with E-state index in [1.807, 2.05) is 49.4 Å². The SMILES string of the molecule is CCOc1ccc(N2CCN(C(=O)c3ccccc3)C(C)C2=O)cc1. The lowest BCUT2D eigenvalue weighted by Crippen LogP contribution is -2.57. The maximum Gasteiger partial charge on any atom is 0.254 e. The Bertz CT molecular complexity index is 743. The highest BCUT2D eigenvalue weighted by Gasteiger charge is 2.35. The first-order valence-corrected chi connectivity index (χ1v) is 8.52. The lowest BCUT2D eigenvalue weighted by atomic mass is 10.1. The number of hydrogen-bond acceptors (Lipinski definition) is 3. The summed E-state index contributed by atoms with van der Waals surface area (Å²) in [7, 11) is 0. The van der Waals surface area contributed by atoms with Gasteiger partial charge in [0.2, 0.25) is 5.91 Å². The van der Waals surface area contributed by atoms with Crippen LogP contribution in [0.3, 0.4) is 0 Å². The van der Waals surface area contributed by atoms with E-state index in [0.717, 1.165) is 11.4 Å². The Hall–Kier alpha value is -2.82. The smallest absolute Gasteiger partial charge is 0.254 e. The molecule has 2 aromatic rings. The van der Waals surface area contributed by atoms with Gasteiger partial charge in [0.15, 0.2) is 0 Å². The van der Waals surface area contributed by atoms with E-state index < -0.39 is 6.04 Å². The van der Waals surface area contributed by atoms with Gasteiger partial charge in [-0.3, -0.25) is 9.59 Å². The minimum Gasteiger partial charge on any atom is -0.494 e. The molecular formula is C20H22N2O3. The first-order valence-electron chi connectivity index (χ1n) is 8.52. The number of piperazine rings is 1. The van der Waals surface area contributed by atoms with Gasteiger partial charge in [-0.1, -0.05) is 18.2 Å². The summed E-state index contributed by atoms with van der Waals surface area (Å²) in [5.41, 5.74) is 1.43. The Morgan fingerprint density at radius 1 is 1.08 bits per heavy atom. The number of carbonyl (C=O) groups excluding carboxylic acids is 2. The third-order valence-corrected chi connectivity index (χ3v) is 4.40. The van der Waals surface area contributed by atoms with Crippen LogP contribution in [-0.2, 0) is 4.79 Å². The van der Waals surface area contributed by atoms with E-state index >= 15 is 0 Å². The summed E-state index contributed by atoms with van der Waals surface area (Å²) in [6.07, 6.45) is 0. The zero-order valence-corrected chi connectivity index (χ0v) is 14.5. The number of anilines is 1. The molecule has 1 unspecified atom stereocenters. The van der Waals surface area contributed by atoms with Crippen LogP contribution >= 0.6 is 0 Å². The maximum absolute atomic E-state index is 12.8. The molecule has 1 aliphatic heterocycles. The topological polar surface area (TPSA) is 49.9 Å². The molecule has 130 valence electrons. The molecule has 1 aliphatic rings. The van der Waals surface area contributed by atoms with Crippen LogP contribution in [0.1, 0.15) is 24.2 Å². The Balaban J connectivity index is 1.74. The van der Waals surface area contributed by atoms with Crippen molar-refractivity contribution in [2.45, 2.75) is 19.9 Å². The average Bonchev–Trinajstić information content (AvgIpc) is 2.65. The number of ether oxygens (including phenoxy) is 1. The molecule has 3 rings (SSSR count). The first-order chi connectivity index (χ1) is 12.1. The second-order valence-electron chi connectivity index (χ2n) is 5.96. The van der Waals surface area contributed by atoms with Crippen molar-refractivity contribution in [2.75, 3.05) is 24.6 Å². The van der Waals surface area contributed by atoms with Gasteiger partial charge in [0, 0.05) is 24.3 Å². The minimum atomic E-state index is -0.493. The van der Waals surface area contributed by atoms with Crippen molar-refractivity contribution in [1.29, 1.82) is 0 Å². The Labute approximate surface area is 147 Å². The van der Waals surface area contributed by atoms with Crippen molar-refractivity contribution >= 4 is 17.5 Å². The molecule has 1 saturated heterocycles. The molecule has 2 amide bonds. The van der Waals surface area contributed by atoms with Crippen LogP contribution in [0.4, 0.5) is 5.69 Å². The number of benzene rings is 2. The molecule has 0 N–H and O–H groups in total. The quantitative estimate of drug-likeness (QED) is 0.861. The monoisotopic (exact) mass is 338 g/mol. The molecule has 0 spiro atoms. The zero-order valence-electron chi connectivity index (χ0n) is 14.5. The van der Waals surface area contributed by atoms with Crippen LogP contribution in [0.2, 0.25) is 0 Å². The largest absolute Gasteiger partial charge is 0.494 e. The Kier molecular flexibility index (Phi) is 5.03. The molecule has 1 fully saturated rings. The molecule has 1 heterocycles. The summed E-state index contributed by atoms with van der Waals surface area (Å²) in [4.78, 5) is 28.8. The third kappa shape index (κ3) is 3.50. The number of amides is 2. The molecule has 25 heavy (non-hydrogen) atoms. The third-order valence-electron chi connectivity index (χ3n) is 4.40. The van der Waals surface area contributed by atoms with E-state index in [9.17, 15) is 9.59 Å². The van der Waals surface area contributed by atoms with Crippen LogP contribution in [0, 0.1) is 0 Å². The van der Waals surface area contributed by atoms with Gasteiger partial charge in [0.25, 0.3) is 5.91 Å². The van der Waals surface area contributed by atoms with Crippen molar-refractivity contribution < 1.29 is 14.3 Å². The molecule has 0 aromatic heterocycles. The highest BCUT2D eigenvalue weighted by Crippen LogP contribution is 2.24. The minimum absolute atomic E-state index is 0.0697. The van der Waals surface area contributed by atoms with E-state index in [4.69, 9.17) is 4.74 Å². The maximum atomic E-state index is 12.8. The highest BCUT2D eigenvalue weighted by molar-refractivity contribution is 6.03. The van der Waals surface area contributed by atoms with Gasteiger partial charge in [-0.2, -0.15) is 0 Å². The summed E-state index contributed by atoms with van der Waals surface area (Å²) < 4.78 is 5.44. The van der Waals surface area contributed by atoms with Crippen molar-refractivity contribution in [3.63, 3.8) is 0 Å². The van der Waals surface area contributed by atoms with Crippen LogP contribution in [-0.4, -0.2) is 42.5 Å². The lowest BCUT2D eigenvalue weighted by molar-refractivity contribution is -0.124. The van der Waals surface area contributed by atoms with Crippen molar-refractivity contribution in [2.24, 2.45) is 0 Å². The van der Waals surface area contributed by atoms with E-state index in [-0.39, 0.29) is 11.8 Å². The summed E-state index contributed by atoms with van der Waals surface area (Å²) in [5.74, 6) is 0.608.